The molecule has 0 spiro atoms. The zero-order valence-electron chi connectivity index (χ0n) is 16.4. The summed E-state index contributed by atoms with van der Waals surface area (Å²) in [6.45, 7) is 6.85. The molecular formula is C21H30N4OS. The number of carbonyl (C=O) groups excluding carboxylic acids is 1. The fraction of sp³-hybridized carbons (Fsp3) is 0.571. The molecule has 1 aromatic heterocycles. The van der Waals surface area contributed by atoms with Crippen LogP contribution in [-0.2, 0) is 11.2 Å². The summed E-state index contributed by atoms with van der Waals surface area (Å²) < 4.78 is 4.53. The van der Waals surface area contributed by atoms with Crippen molar-refractivity contribution in [2.45, 2.75) is 52.4 Å². The molecule has 1 aliphatic heterocycles. The van der Waals surface area contributed by atoms with E-state index in [0.717, 1.165) is 56.3 Å². The minimum atomic E-state index is 0.142. The van der Waals surface area contributed by atoms with Crippen LogP contribution in [-0.4, -0.2) is 34.9 Å². The van der Waals surface area contributed by atoms with E-state index >= 15 is 0 Å². The van der Waals surface area contributed by atoms with Crippen molar-refractivity contribution in [3.63, 3.8) is 0 Å². The van der Waals surface area contributed by atoms with Crippen LogP contribution in [0.15, 0.2) is 24.3 Å². The molecule has 1 aromatic carbocycles. The topological polar surface area (TPSA) is 58.1 Å². The maximum atomic E-state index is 12.3. The number of nitrogens with zero attached hydrogens (tertiary/aromatic N) is 3. The Hall–Kier alpha value is -1.95. The van der Waals surface area contributed by atoms with Gasteiger partial charge in [-0.2, -0.15) is 4.37 Å². The molecule has 2 heterocycles. The van der Waals surface area contributed by atoms with E-state index in [2.05, 4.69) is 52.7 Å². The third-order valence-corrected chi connectivity index (χ3v) is 5.97. The molecule has 0 saturated carbocycles. The maximum Gasteiger partial charge on any atom is 0.223 e. The summed E-state index contributed by atoms with van der Waals surface area (Å²) in [6, 6.07) is 8.53. The first-order chi connectivity index (χ1) is 13.2. The van der Waals surface area contributed by atoms with Crippen molar-refractivity contribution < 1.29 is 4.79 Å². The number of hydrogen-bond acceptors (Lipinski definition) is 5. The van der Waals surface area contributed by atoms with Crippen molar-refractivity contribution in [2.75, 3.05) is 24.5 Å². The molecule has 0 radical (unpaired) electrons. The Morgan fingerprint density at radius 2 is 1.96 bits per heavy atom. The van der Waals surface area contributed by atoms with Gasteiger partial charge in [-0.15, -0.1) is 0 Å². The summed E-state index contributed by atoms with van der Waals surface area (Å²) in [5.74, 6) is 1.25. The second kappa shape index (κ2) is 9.83. The lowest BCUT2D eigenvalue weighted by Crippen LogP contribution is -2.40. The van der Waals surface area contributed by atoms with Crippen LogP contribution < -0.4 is 10.2 Å². The van der Waals surface area contributed by atoms with Gasteiger partial charge in [0.25, 0.3) is 0 Å². The lowest BCUT2D eigenvalue weighted by molar-refractivity contribution is -0.125. The van der Waals surface area contributed by atoms with Gasteiger partial charge in [0.1, 0.15) is 5.82 Å². The van der Waals surface area contributed by atoms with Crippen LogP contribution in [0.1, 0.15) is 56.0 Å². The number of rotatable bonds is 8. The Balaban J connectivity index is 1.46. The van der Waals surface area contributed by atoms with Crippen LogP contribution >= 0.6 is 11.5 Å². The lowest BCUT2D eigenvalue weighted by Gasteiger charge is -2.30. The highest BCUT2D eigenvalue weighted by atomic mass is 32.1. The van der Waals surface area contributed by atoms with Gasteiger partial charge < -0.3 is 10.2 Å². The van der Waals surface area contributed by atoms with E-state index in [4.69, 9.17) is 4.98 Å². The molecule has 0 unspecified atom stereocenters. The lowest BCUT2D eigenvalue weighted by atomic mass is 9.96. The van der Waals surface area contributed by atoms with E-state index in [0.29, 0.717) is 0 Å². The van der Waals surface area contributed by atoms with Gasteiger partial charge in [-0.25, -0.2) is 4.98 Å². The molecule has 1 N–H and O–H groups in total. The summed E-state index contributed by atoms with van der Waals surface area (Å²) >= 11 is 1.47. The van der Waals surface area contributed by atoms with Crippen LogP contribution in [0.5, 0.6) is 0 Å². The number of hydrogen-bond donors (Lipinski definition) is 1. The van der Waals surface area contributed by atoms with Crippen LogP contribution in [0.25, 0.3) is 0 Å². The number of aromatic nitrogens is 2. The molecule has 27 heavy (non-hydrogen) atoms. The number of amides is 1. The molecule has 0 atom stereocenters. The molecule has 1 amide bonds. The second-order valence-electron chi connectivity index (χ2n) is 7.42. The predicted octanol–water partition coefficient (Wildman–Crippen LogP) is 3.96. The SMILES string of the molecule is CCCCCNC(=O)C1CCN(c2nc(Cc3ccc(C)cc3)ns2)CC1. The molecule has 3 rings (SSSR count). The first kappa shape index (κ1) is 19.8. The van der Waals surface area contributed by atoms with Crippen LogP contribution in [0.2, 0.25) is 0 Å². The highest BCUT2D eigenvalue weighted by Gasteiger charge is 2.26. The smallest absolute Gasteiger partial charge is 0.223 e. The zero-order chi connectivity index (χ0) is 19.1. The van der Waals surface area contributed by atoms with Gasteiger partial charge >= 0.3 is 0 Å². The van der Waals surface area contributed by atoms with Crippen molar-refractivity contribution in [1.29, 1.82) is 0 Å². The van der Waals surface area contributed by atoms with Gasteiger partial charge in [-0.3, -0.25) is 4.79 Å². The third kappa shape index (κ3) is 5.76. The minimum absolute atomic E-state index is 0.142. The summed E-state index contributed by atoms with van der Waals surface area (Å²) in [7, 11) is 0. The van der Waals surface area contributed by atoms with Gasteiger partial charge in [0.15, 0.2) is 0 Å². The highest BCUT2D eigenvalue weighted by Crippen LogP contribution is 2.25. The molecule has 2 aromatic rings. The first-order valence-electron chi connectivity index (χ1n) is 10.1. The molecule has 0 aliphatic carbocycles. The molecule has 0 bridgehead atoms. The second-order valence-corrected chi connectivity index (χ2v) is 8.15. The van der Waals surface area contributed by atoms with E-state index in [9.17, 15) is 4.79 Å². The fourth-order valence-corrected chi connectivity index (χ4v) is 4.13. The van der Waals surface area contributed by atoms with Crippen molar-refractivity contribution in [3.05, 3.63) is 41.2 Å². The number of nitrogens with one attached hydrogen (secondary N) is 1. The Labute approximate surface area is 166 Å². The van der Waals surface area contributed by atoms with E-state index < -0.39 is 0 Å². The monoisotopic (exact) mass is 386 g/mol. The number of benzene rings is 1. The predicted molar refractivity (Wildman–Crippen MR) is 111 cm³/mol. The number of unbranched alkanes of at least 4 members (excludes halogenated alkanes) is 2. The van der Waals surface area contributed by atoms with Gasteiger partial charge in [-0.1, -0.05) is 49.6 Å². The standard InChI is InChI=1S/C21H30N4OS/c1-3-4-5-12-22-20(26)18-10-13-25(14-11-18)21-23-19(24-27-21)15-17-8-6-16(2)7-9-17/h6-9,18H,3-5,10-15H2,1-2H3,(H,22,26). The molecule has 1 saturated heterocycles. The summed E-state index contributed by atoms with van der Waals surface area (Å²) in [5, 5.41) is 4.08. The Morgan fingerprint density at radius 3 is 2.67 bits per heavy atom. The van der Waals surface area contributed by atoms with Gasteiger partial charge in [0.05, 0.1) is 0 Å². The summed E-state index contributed by atoms with van der Waals surface area (Å²) in [5.41, 5.74) is 2.51. The third-order valence-electron chi connectivity index (χ3n) is 5.16. The van der Waals surface area contributed by atoms with Crippen LogP contribution in [0.4, 0.5) is 5.13 Å². The van der Waals surface area contributed by atoms with E-state index in [-0.39, 0.29) is 11.8 Å². The van der Waals surface area contributed by atoms with Crippen molar-refractivity contribution in [2.24, 2.45) is 5.92 Å². The first-order valence-corrected chi connectivity index (χ1v) is 10.8. The summed E-state index contributed by atoms with van der Waals surface area (Å²) in [4.78, 5) is 19.3. The average molecular weight is 387 g/mol. The van der Waals surface area contributed by atoms with E-state index in [1.807, 2.05) is 0 Å². The number of aryl methyl sites for hydroxylation is 1. The van der Waals surface area contributed by atoms with E-state index in [1.165, 1.54) is 35.5 Å². The molecule has 6 heteroatoms. The van der Waals surface area contributed by atoms with Crippen molar-refractivity contribution in [3.8, 4) is 0 Å². The number of piperidine rings is 1. The van der Waals surface area contributed by atoms with Crippen LogP contribution in [0.3, 0.4) is 0 Å². The summed E-state index contributed by atoms with van der Waals surface area (Å²) in [6.07, 6.45) is 6.00. The van der Waals surface area contributed by atoms with Gasteiger partial charge in [0, 0.05) is 43.5 Å². The Morgan fingerprint density at radius 1 is 1.22 bits per heavy atom. The number of carbonyl (C=O) groups is 1. The Kier molecular flexibility index (Phi) is 7.21. The zero-order valence-corrected chi connectivity index (χ0v) is 17.2. The number of anilines is 1. The molecule has 1 aliphatic rings. The minimum Gasteiger partial charge on any atom is -0.356 e. The van der Waals surface area contributed by atoms with Gasteiger partial charge in [0.2, 0.25) is 11.0 Å². The average Bonchev–Trinajstić information content (AvgIpc) is 3.15. The Bertz CT molecular complexity index is 720. The largest absolute Gasteiger partial charge is 0.356 e. The quantitative estimate of drug-likeness (QED) is 0.698. The van der Waals surface area contributed by atoms with Crippen molar-refractivity contribution >= 4 is 22.6 Å². The molecule has 1 fully saturated rings. The normalized spacial score (nSPS) is 15.1. The molecular weight excluding hydrogens is 356 g/mol. The fourth-order valence-electron chi connectivity index (χ4n) is 3.40. The molecule has 146 valence electrons. The molecule has 5 nitrogen and oxygen atoms in total. The highest BCUT2D eigenvalue weighted by molar-refractivity contribution is 7.09. The van der Waals surface area contributed by atoms with Crippen molar-refractivity contribution in [1.82, 2.24) is 14.7 Å². The van der Waals surface area contributed by atoms with Gasteiger partial charge in [-0.05, 0) is 31.7 Å². The van der Waals surface area contributed by atoms with E-state index in [1.54, 1.807) is 0 Å². The maximum absolute atomic E-state index is 12.3. The van der Waals surface area contributed by atoms with Crippen LogP contribution in [0, 0.1) is 12.8 Å².